The van der Waals surface area contributed by atoms with E-state index in [2.05, 4.69) is 15.4 Å². The number of likely N-dealkylation sites (tertiary alicyclic amines) is 1. The molecule has 2 aromatic carbocycles. The molecule has 1 saturated heterocycles. The minimum Gasteiger partial charge on any atom is -0.489 e. The zero-order valence-electron chi connectivity index (χ0n) is 22.7. The number of ether oxygens (including phenoxy) is 3. The van der Waals surface area contributed by atoms with Crippen LogP contribution in [0.5, 0.6) is 11.5 Å². The van der Waals surface area contributed by atoms with Gasteiger partial charge in [-0.15, -0.1) is 0 Å². The summed E-state index contributed by atoms with van der Waals surface area (Å²) in [4.78, 5) is 39.9. The van der Waals surface area contributed by atoms with Gasteiger partial charge in [-0.3, -0.25) is 14.5 Å². The van der Waals surface area contributed by atoms with E-state index in [9.17, 15) is 23.2 Å². The van der Waals surface area contributed by atoms with Crippen LogP contribution in [-0.2, 0) is 16.1 Å². The molecule has 0 aromatic heterocycles. The Morgan fingerprint density at radius 2 is 1.90 bits per heavy atom. The van der Waals surface area contributed by atoms with Gasteiger partial charge >= 0.3 is 12.7 Å². The Bertz CT molecular complexity index is 1310. The molecule has 0 bridgehead atoms. The summed E-state index contributed by atoms with van der Waals surface area (Å²) in [6, 6.07) is 8.95. The van der Waals surface area contributed by atoms with Crippen LogP contribution in [0.4, 0.5) is 19.3 Å². The lowest BCUT2D eigenvalue weighted by molar-refractivity contribution is -0.120. The van der Waals surface area contributed by atoms with Crippen molar-refractivity contribution in [2.75, 3.05) is 18.5 Å². The summed E-state index contributed by atoms with van der Waals surface area (Å²) in [5, 5.41) is 5.62. The Hall–Kier alpha value is -3.89. The van der Waals surface area contributed by atoms with E-state index in [4.69, 9.17) is 9.47 Å². The summed E-state index contributed by atoms with van der Waals surface area (Å²) in [6.45, 7) is 3.22. The zero-order valence-corrected chi connectivity index (χ0v) is 22.7. The van der Waals surface area contributed by atoms with E-state index >= 15 is 0 Å². The molecule has 1 aliphatic carbocycles. The lowest BCUT2D eigenvalue weighted by Crippen LogP contribution is -2.45. The zero-order chi connectivity index (χ0) is 28.6. The molecule has 1 saturated carbocycles. The maximum absolute atomic E-state index is 13.5. The van der Waals surface area contributed by atoms with Gasteiger partial charge in [0.2, 0.25) is 5.91 Å². The van der Waals surface area contributed by atoms with Gasteiger partial charge in [-0.05, 0) is 87.4 Å². The summed E-state index contributed by atoms with van der Waals surface area (Å²) in [5.74, 6) is -0.281. The van der Waals surface area contributed by atoms with Gasteiger partial charge in [0, 0.05) is 30.3 Å². The van der Waals surface area contributed by atoms with E-state index in [-0.39, 0.29) is 36.3 Å². The topological polar surface area (TPSA) is 106 Å². The molecule has 11 heteroatoms. The maximum Gasteiger partial charge on any atom is 0.410 e. The standard InChI is InChI=1S/C29H33F2N3O6/c1-29(2,3)40-28(37)34-14-19(17-6-9-23(39-27(30)31)24(12-17)38-15-16-4-5-16)11-22(34)26(36)33-20-7-8-21-18(10-20)13-32-25(21)35/h6-10,12,16,19,22,27H,4-5,11,13-15H2,1-3H3,(H,32,35)(H,33,36)/t19-,22+/m0/s1. The number of carbonyl (C=O) groups excluding carboxylic acids is 3. The fraction of sp³-hybridized carbons (Fsp3) is 0.483. The van der Waals surface area contributed by atoms with Gasteiger partial charge in [-0.1, -0.05) is 6.07 Å². The van der Waals surface area contributed by atoms with Crippen molar-refractivity contribution in [1.82, 2.24) is 10.2 Å². The molecule has 5 rings (SSSR count). The second-order valence-electron chi connectivity index (χ2n) is 11.5. The summed E-state index contributed by atoms with van der Waals surface area (Å²) < 4.78 is 42.1. The number of hydrogen-bond donors (Lipinski definition) is 2. The molecular weight excluding hydrogens is 524 g/mol. The molecule has 0 spiro atoms. The number of amides is 3. The monoisotopic (exact) mass is 557 g/mol. The fourth-order valence-corrected chi connectivity index (χ4v) is 4.96. The van der Waals surface area contributed by atoms with Crippen LogP contribution in [-0.4, -0.2) is 54.2 Å². The second kappa shape index (κ2) is 10.9. The number of rotatable bonds is 8. The van der Waals surface area contributed by atoms with Gasteiger partial charge in [0.25, 0.3) is 5.91 Å². The second-order valence-corrected chi connectivity index (χ2v) is 11.5. The maximum atomic E-state index is 13.5. The molecule has 2 aliphatic heterocycles. The smallest absolute Gasteiger partial charge is 0.410 e. The quantitative estimate of drug-likeness (QED) is 0.471. The SMILES string of the molecule is CC(C)(C)OC(=O)N1C[C@@H](c2ccc(OC(F)F)c(OCC3CC3)c2)C[C@@H]1C(=O)Nc1ccc2c(c1)CNC2=O. The van der Waals surface area contributed by atoms with E-state index in [1.807, 2.05) is 0 Å². The Balaban J connectivity index is 1.37. The van der Waals surface area contributed by atoms with Crippen LogP contribution in [0.1, 0.15) is 67.4 Å². The average molecular weight is 558 g/mol. The third kappa shape index (κ3) is 6.46. The highest BCUT2D eigenvalue weighted by molar-refractivity contribution is 6.00. The van der Waals surface area contributed by atoms with Gasteiger partial charge in [-0.2, -0.15) is 8.78 Å². The Morgan fingerprint density at radius 1 is 1.12 bits per heavy atom. The molecule has 9 nitrogen and oxygen atoms in total. The first kappa shape index (κ1) is 27.7. The first-order valence-electron chi connectivity index (χ1n) is 13.4. The number of alkyl halides is 2. The average Bonchev–Trinajstić information content (AvgIpc) is 3.48. The Labute approximate surface area is 231 Å². The van der Waals surface area contributed by atoms with Gasteiger partial charge < -0.3 is 24.8 Å². The van der Waals surface area contributed by atoms with Gasteiger partial charge in [0.1, 0.15) is 11.6 Å². The minimum absolute atomic E-state index is 0.0553. The first-order chi connectivity index (χ1) is 19.0. The lowest BCUT2D eigenvalue weighted by atomic mass is 9.95. The molecule has 0 unspecified atom stereocenters. The highest BCUT2D eigenvalue weighted by Crippen LogP contribution is 2.39. The van der Waals surface area contributed by atoms with E-state index in [1.165, 1.54) is 11.0 Å². The fourth-order valence-electron chi connectivity index (χ4n) is 4.96. The third-order valence-corrected chi connectivity index (χ3v) is 7.12. The van der Waals surface area contributed by atoms with E-state index in [1.54, 1.807) is 51.1 Å². The van der Waals surface area contributed by atoms with E-state index in [0.29, 0.717) is 30.3 Å². The van der Waals surface area contributed by atoms with Crippen molar-refractivity contribution >= 4 is 23.6 Å². The van der Waals surface area contributed by atoms with Gasteiger partial charge in [-0.25, -0.2) is 4.79 Å². The van der Waals surface area contributed by atoms with Crippen molar-refractivity contribution in [2.45, 2.75) is 70.8 Å². The number of carbonyl (C=O) groups is 3. The normalized spacial score (nSPS) is 20.2. The molecule has 2 fully saturated rings. The van der Waals surface area contributed by atoms with E-state index in [0.717, 1.165) is 24.0 Å². The molecule has 2 aromatic rings. The van der Waals surface area contributed by atoms with Crippen LogP contribution in [0.3, 0.4) is 0 Å². The predicted octanol–water partition coefficient (Wildman–Crippen LogP) is 5.05. The van der Waals surface area contributed by atoms with Gasteiger partial charge in [0.15, 0.2) is 11.5 Å². The molecular formula is C29H33F2N3O6. The molecule has 2 N–H and O–H groups in total. The predicted molar refractivity (Wildman–Crippen MR) is 142 cm³/mol. The first-order valence-corrected chi connectivity index (χ1v) is 13.4. The largest absolute Gasteiger partial charge is 0.489 e. The third-order valence-electron chi connectivity index (χ3n) is 7.12. The van der Waals surface area contributed by atoms with Crippen molar-refractivity contribution in [2.24, 2.45) is 5.92 Å². The number of halogens is 2. The highest BCUT2D eigenvalue weighted by atomic mass is 19.3. The van der Waals surface area contributed by atoms with Crippen LogP contribution >= 0.6 is 0 Å². The number of fused-ring (bicyclic) bond motifs is 1. The van der Waals surface area contributed by atoms with Crippen LogP contribution in [0, 0.1) is 5.92 Å². The van der Waals surface area contributed by atoms with Crippen LogP contribution in [0.2, 0.25) is 0 Å². The van der Waals surface area contributed by atoms with Crippen molar-refractivity contribution in [3.63, 3.8) is 0 Å². The summed E-state index contributed by atoms with van der Waals surface area (Å²) in [7, 11) is 0. The Morgan fingerprint density at radius 3 is 2.60 bits per heavy atom. The lowest BCUT2D eigenvalue weighted by Gasteiger charge is -2.28. The van der Waals surface area contributed by atoms with Crippen LogP contribution < -0.4 is 20.1 Å². The molecule has 3 aliphatic rings. The number of hydrogen-bond acceptors (Lipinski definition) is 6. The number of nitrogens with zero attached hydrogens (tertiary/aromatic N) is 1. The number of benzene rings is 2. The number of anilines is 1. The summed E-state index contributed by atoms with van der Waals surface area (Å²) in [5.41, 5.74) is 1.82. The van der Waals surface area contributed by atoms with Crippen molar-refractivity contribution in [3.05, 3.63) is 53.1 Å². The molecule has 2 heterocycles. The van der Waals surface area contributed by atoms with Crippen molar-refractivity contribution < 1.29 is 37.4 Å². The molecule has 0 radical (unpaired) electrons. The van der Waals surface area contributed by atoms with Crippen molar-refractivity contribution in [3.8, 4) is 11.5 Å². The molecule has 2 atom stereocenters. The summed E-state index contributed by atoms with van der Waals surface area (Å²) in [6.07, 6.45) is 1.73. The summed E-state index contributed by atoms with van der Waals surface area (Å²) >= 11 is 0. The van der Waals surface area contributed by atoms with Gasteiger partial charge in [0.05, 0.1) is 6.61 Å². The van der Waals surface area contributed by atoms with E-state index < -0.39 is 30.3 Å². The van der Waals surface area contributed by atoms with Crippen LogP contribution in [0.15, 0.2) is 36.4 Å². The number of nitrogens with one attached hydrogen (secondary N) is 2. The van der Waals surface area contributed by atoms with Crippen LogP contribution in [0.25, 0.3) is 0 Å². The minimum atomic E-state index is -3.00. The molecule has 3 amide bonds. The van der Waals surface area contributed by atoms with Crippen molar-refractivity contribution in [1.29, 1.82) is 0 Å². The molecule has 40 heavy (non-hydrogen) atoms. The Kier molecular flexibility index (Phi) is 7.57. The molecule has 214 valence electrons. The highest BCUT2D eigenvalue weighted by Gasteiger charge is 2.42.